The Balaban J connectivity index is 4.01. The van der Waals surface area contributed by atoms with E-state index < -0.39 is 0 Å². The summed E-state index contributed by atoms with van der Waals surface area (Å²) < 4.78 is 0. The molecule has 0 spiro atoms. The average molecular weight is 124 g/mol. The highest BCUT2D eigenvalue weighted by Crippen LogP contribution is 2.38. The van der Waals surface area contributed by atoms with Gasteiger partial charge in [0.1, 0.15) is 0 Å². The lowest BCUT2D eigenvalue weighted by atomic mass is 9.57. The molecule has 0 heterocycles. The Morgan fingerprint density at radius 1 is 1.00 bits per heavy atom. The number of hydrogen-bond donors (Lipinski definition) is 0. The summed E-state index contributed by atoms with van der Waals surface area (Å²) in [5.74, 6) is 1.13. The van der Waals surface area contributed by atoms with Crippen LogP contribution in [0.4, 0.5) is 0 Å². The van der Waals surface area contributed by atoms with Crippen LogP contribution in [0.1, 0.15) is 34.6 Å². The molecule has 0 aliphatic carbocycles. The molecule has 0 nitrogen and oxygen atoms in total. The van der Waals surface area contributed by atoms with Crippen molar-refractivity contribution in [2.24, 2.45) is 11.8 Å². The largest absolute Gasteiger partial charge is 0.0749 e. The fourth-order valence-electron chi connectivity index (χ4n) is 0.667. The van der Waals surface area contributed by atoms with E-state index in [2.05, 4.69) is 34.6 Å². The van der Waals surface area contributed by atoms with Crippen molar-refractivity contribution in [3.63, 3.8) is 0 Å². The predicted molar refractivity (Wildman–Crippen MR) is 43.8 cm³/mol. The van der Waals surface area contributed by atoms with Crippen molar-refractivity contribution >= 4 is 7.85 Å². The summed E-state index contributed by atoms with van der Waals surface area (Å²) in [6.07, 6.45) is 0. The molecule has 0 unspecified atom stereocenters. The maximum absolute atomic E-state index is 6.00. The van der Waals surface area contributed by atoms with Crippen LogP contribution >= 0.6 is 0 Å². The molecule has 0 aliphatic heterocycles. The van der Waals surface area contributed by atoms with E-state index in [-0.39, 0.29) is 5.31 Å². The third-order valence-electron chi connectivity index (χ3n) is 2.49. The topological polar surface area (TPSA) is 0 Å². The molecular formula is C8H17B. The van der Waals surface area contributed by atoms with E-state index in [9.17, 15) is 0 Å². The molecule has 0 aromatic heterocycles. The maximum Gasteiger partial charge on any atom is 0.0749 e. The normalized spacial score (nSPS) is 13.2. The lowest BCUT2D eigenvalue weighted by molar-refractivity contribution is 0.339. The Labute approximate surface area is 60.4 Å². The smallest absolute Gasteiger partial charge is 0.0672 e. The SMILES string of the molecule is [B]C(C)(C(C)C)C(C)C. The second kappa shape index (κ2) is 2.77. The van der Waals surface area contributed by atoms with Gasteiger partial charge in [-0.2, -0.15) is 0 Å². The van der Waals surface area contributed by atoms with Crippen LogP contribution in [0.2, 0.25) is 5.31 Å². The minimum Gasteiger partial charge on any atom is -0.0672 e. The first-order valence-electron chi connectivity index (χ1n) is 3.68. The summed E-state index contributed by atoms with van der Waals surface area (Å²) >= 11 is 0. The third-order valence-corrected chi connectivity index (χ3v) is 2.49. The van der Waals surface area contributed by atoms with Gasteiger partial charge in [-0.3, -0.25) is 0 Å². The van der Waals surface area contributed by atoms with Crippen LogP contribution < -0.4 is 0 Å². The van der Waals surface area contributed by atoms with Crippen molar-refractivity contribution in [2.45, 2.75) is 39.9 Å². The molecule has 0 saturated carbocycles. The zero-order valence-corrected chi connectivity index (χ0v) is 7.23. The van der Waals surface area contributed by atoms with E-state index in [4.69, 9.17) is 7.85 Å². The van der Waals surface area contributed by atoms with Gasteiger partial charge in [-0.1, -0.05) is 39.9 Å². The van der Waals surface area contributed by atoms with E-state index in [0.29, 0.717) is 11.8 Å². The van der Waals surface area contributed by atoms with Gasteiger partial charge >= 0.3 is 0 Å². The molecule has 0 fully saturated rings. The Morgan fingerprint density at radius 2 is 1.22 bits per heavy atom. The molecule has 0 atom stereocenters. The highest BCUT2D eigenvalue weighted by molar-refractivity contribution is 6.15. The average Bonchev–Trinajstić information content (AvgIpc) is 1.65. The van der Waals surface area contributed by atoms with Gasteiger partial charge in [0.25, 0.3) is 0 Å². The fraction of sp³-hybridized carbons (Fsp3) is 1.00. The van der Waals surface area contributed by atoms with Crippen LogP contribution in [0.15, 0.2) is 0 Å². The fourth-order valence-corrected chi connectivity index (χ4v) is 0.667. The molecule has 0 bridgehead atoms. The molecule has 9 heavy (non-hydrogen) atoms. The van der Waals surface area contributed by atoms with E-state index in [1.54, 1.807) is 0 Å². The van der Waals surface area contributed by atoms with Gasteiger partial charge in [-0.15, -0.1) is 0 Å². The Morgan fingerprint density at radius 3 is 1.22 bits per heavy atom. The summed E-state index contributed by atoms with van der Waals surface area (Å²) in [6.45, 7) is 10.8. The van der Waals surface area contributed by atoms with Gasteiger partial charge in [0.05, 0.1) is 7.85 Å². The second-order valence-electron chi connectivity index (χ2n) is 3.68. The molecule has 0 rings (SSSR count). The standard InChI is InChI=1S/C8H17B/c1-6(2)8(5,9)7(3)4/h6-7H,1-5H3. The number of hydrogen-bond acceptors (Lipinski definition) is 0. The van der Waals surface area contributed by atoms with Crippen molar-refractivity contribution in [3.8, 4) is 0 Å². The summed E-state index contributed by atoms with van der Waals surface area (Å²) in [7, 11) is 6.00. The predicted octanol–water partition coefficient (Wildman–Crippen LogP) is 2.65. The molecule has 52 valence electrons. The minimum absolute atomic E-state index is 0.000000000000000222. The van der Waals surface area contributed by atoms with Gasteiger partial charge in [-0.25, -0.2) is 0 Å². The van der Waals surface area contributed by atoms with Crippen LogP contribution in [-0.4, -0.2) is 7.85 Å². The van der Waals surface area contributed by atoms with Gasteiger partial charge in [-0.05, 0) is 11.8 Å². The van der Waals surface area contributed by atoms with Crippen molar-refractivity contribution < 1.29 is 0 Å². The first-order valence-corrected chi connectivity index (χ1v) is 3.68. The van der Waals surface area contributed by atoms with Gasteiger partial charge in [0.15, 0.2) is 0 Å². The van der Waals surface area contributed by atoms with Crippen LogP contribution in [0.3, 0.4) is 0 Å². The molecule has 0 aromatic rings. The number of rotatable bonds is 2. The van der Waals surface area contributed by atoms with Crippen LogP contribution in [-0.2, 0) is 0 Å². The van der Waals surface area contributed by atoms with Crippen LogP contribution in [0.5, 0.6) is 0 Å². The monoisotopic (exact) mass is 124 g/mol. The zero-order chi connectivity index (χ0) is 7.65. The van der Waals surface area contributed by atoms with Crippen molar-refractivity contribution in [1.82, 2.24) is 0 Å². The molecule has 0 aliphatic rings. The summed E-state index contributed by atoms with van der Waals surface area (Å²) in [5.41, 5.74) is 0. The molecule has 2 radical (unpaired) electrons. The van der Waals surface area contributed by atoms with Gasteiger partial charge in [0.2, 0.25) is 0 Å². The first kappa shape index (κ1) is 9.06. The van der Waals surface area contributed by atoms with E-state index in [1.807, 2.05) is 0 Å². The van der Waals surface area contributed by atoms with Crippen molar-refractivity contribution in [3.05, 3.63) is 0 Å². The highest BCUT2D eigenvalue weighted by Gasteiger charge is 2.24. The van der Waals surface area contributed by atoms with E-state index in [0.717, 1.165) is 0 Å². The molecular weight excluding hydrogens is 107 g/mol. The Kier molecular flexibility index (Phi) is 2.79. The van der Waals surface area contributed by atoms with E-state index >= 15 is 0 Å². The zero-order valence-electron chi connectivity index (χ0n) is 7.23. The molecule has 1 heteroatoms. The van der Waals surface area contributed by atoms with Crippen molar-refractivity contribution in [2.75, 3.05) is 0 Å². The highest BCUT2D eigenvalue weighted by atomic mass is 14.2. The summed E-state index contributed by atoms with van der Waals surface area (Å²) in [6, 6.07) is 0. The Hall–Kier alpha value is 0.0649. The summed E-state index contributed by atoms with van der Waals surface area (Å²) in [5, 5.41) is 0.000000000000000222. The van der Waals surface area contributed by atoms with Gasteiger partial charge < -0.3 is 0 Å². The molecule has 0 aromatic carbocycles. The van der Waals surface area contributed by atoms with Crippen molar-refractivity contribution in [1.29, 1.82) is 0 Å². The molecule has 0 saturated heterocycles. The summed E-state index contributed by atoms with van der Waals surface area (Å²) in [4.78, 5) is 0. The lowest BCUT2D eigenvalue weighted by Crippen LogP contribution is -2.21. The quantitative estimate of drug-likeness (QED) is 0.496. The van der Waals surface area contributed by atoms with Crippen LogP contribution in [0, 0.1) is 11.8 Å². The lowest BCUT2D eigenvalue weighted by Gasteiger charge is -2.34. The van der Waals surface area contributed by atoms with Crippen LogP contribution in [0.25, 0.3) is 0 Å². The Bertz CT molecular complexity index is 72.6. The first-order chi connectivity index (χ1) is 3.89. The van der Waals surface area contributed by atoms with Gasteiger partial charge in [0, 0.05) is 0 Å². The minimum atomic E-state index is 0.000000000000000222. The second-order valence-corrected chi connectivity index (χ2v) is 3.68. The third kappa shape index (κ3) is 2.04. The molecule has 0 N–H and O–H groups in total. The molecule has 0 amide bonds. The maximum atomic E-state index is 6.00. The van der Waals surface area contributed by atoms with E-state index in [1.165, 1.54) is 0 Å².